The van der Waals surface area contributed by atoms with Crippen molar-refractivity contribution >= 4 is 33.7 Å². The Kier molecular flexibility index (Phi) is 3.86. The number of nitrogens with zero attached hydrogens (tertiary/aromatic N) is 2. The molecule has 0 saturated heterocycles. The molecule has 23 heavy (non-hydrogen) atoms. The summed E-state index contributed by atoms with van der Waals surface area (Å²) in [5.41, 5.74) is 0.0820. The molecule has 3 rings (SSSR count). The van der Waals surface area contributed by atoms with Crippen LogP contribution in [0.1, 0.15) is 39.2 Å². The lowest BCUT2D eigenvalue weighted by atomic mass is 10.00. The highest BCUT2D eigenvalue weighted by Crippen LogP contribution is 2.56. The van der Waals surface area contributed by atoms with Crippen LogP contribution in [0, 0.1) is 0 Å². The topological polar surface area (TPSA) is 71.5 Å². The lowest BCUT2D eigenvalue weighted by Crippen LogP contribution is -2.40. The van der Waals surface area contributed by atoms with Crippen LogP contribution < -0.4 is 10.2 Å². The van der Waals surface area contributed by atoms with Gasteiger partial charge in [0.05, 0.1) is 5.41 Å². The summed E-state index contributed by atoms with van der Waals surface area (Å²) in [5.74, 6) is 0.797. The SMILES string of the molecule is CC(C)(C)OC(=O)NCCN1C(=O)C2(CC2)c2cc(Br)cnc21. The van der Waals surface area contributed by atoms with Crippen molar-refractivity contribution < 1.29 is 14.3 Å². The van der Waals surface area contributed by atoms with Gasteiger partial charge in [-0.05, 0) is 55.6 Å². The molecule has 2 aliphatic rings. The zero-order valence-corrected chi connectivity index (χ0v) is 15.1. The third-order valence-electron chi connectivity index (χ3n) is 4.01. The van der Waals surface area contributed by atoms with E-state index in [4.69, 9.17) is 4.74 Å². The van der Waals surface area contributed by atoms with Crippen LogP contribution in [0.5, 0.6) is 0 Å². The summed E-state index contributed by atoms with van der Waals surface area (Å²) in [6.45, 7) is 6.15. The van der Waals surface area contributed by atoms with Crippen molar-refractivity contribution in [3.63, 3.8) is 0 Å². The molecule has 0 unspecified atom stereocenters. The van der Waals surface area contributed by atoms with Crippen molar-refractivity contribution in [3.8, 4) is 0 Å². The van der Waals surface area contributed by atoms with E-state index in [9.17, 15) is 9.59 Å². The molecule has 1 saturated carbocycles. The Bertz CT molecular complexity index is 665. The second-order valence-electron chi connectivity index (χ2n) is 6.99. The van der Waals surface area contributed by atoms with Crippen molar-refractivity contribution in [3.05, 3.63) is 22.3 Å². The van der Waals surface area contributed by atoms with Gasteiger partial charge in [-0.3, -0.25) is 9.69 Å². The van der Waals surface area contributed by atoms with Crippen LogP contribution in [0.2, 0.25) is 0 Å². The van der Waals surface area contributed by atoms with Gasteiger partial charge in [-0.2, -0.15) is 0 Å². The zero-order valence-electron chi connectivity index (χ0n) is 13.5. The number of anilines is 1. The van der Waals surface area contributed by atoms with Gasteiger partial charge in [0.2, 0.25) is 5.91 Å². The van der Waals surface area contributed by atoms with Gasteiger partial charge in [0.15, 0.2) is 0 Å². The summed E-state index contributed by atoms with van der Waals surface area (Å²) >= 11 is 3.42. The predicted molar refractivity (Wildman–Crippen MR) is 89.4 cm³/mol. The van der Waals surface area contributed by atoms with E-state index in [0.717, 1.165) is 22.9 Å². The number of carbonyl (C=O) groups is 2. The maximum absolute atomic E-state index is 12.7. The van der Waals surface area contributed by atoms with Gasteiger partial charge in [-0.15, -0.1) is 0 Å². The smallest absolute Gasteiger partial charge is 0.407 e. The molecular formula is C16H20BrN3O3. The maximum atomic E-state index is 12.7. The quantitative estimate of drug-likeness (QED) is 0.873. The Balaban J connectivity index is 1.66. The van der Waals surface area contributed by atoms with Crippen LogP contribution in [0.3, 0.4) is 0 Å². The van der Waals surface area contributed by atoms with E-state index in [2.05, 4.69) is 26.2 Å². The molecule has 0 atom stereocenters. The van der Waals surface area contributed by atoms with Crippen molar-refractivity contribution in [2.45, 2.75) is 44.6 Å². The summed E-state index contributed by atoms with van der Waals surface area (Å²) in [4.78, 5) is 30.4. The first kappa shape index (κ1) is 16.2. The third kappa shape index (κ3) is 3.06. The van der Waals surface area contributed by atoms with Gasteiger partial charge in [0.25, 0.3) is 0 Å². The summed E-state index contributed by atoms with van der Waals surface area (Å²) in [6.07, 6.45) is 2.95. The van der Waals surface area contributed by atoms with Crippen molar-refractivity contribution in [1.29, 1.82) is 0 Å². The number of alkyl carbamates (subject to hydrolysis) is 1. The summed E-state index contributed by atoms with van der Waals surface area (Å²) in [5, 5.41) is 2.68. The minimum absolute atomic E-state index is 0.0871. The number of pyridine rings is 1. The van der Waals surface area contributed by atoms with Crippen LogP contribution in [-0.4, -0.2) is 35.7 Å². The Hall–Kier alpha value is -1.63. The molecule has 6 nitrogen and oxygen atoms in total. The van der Waals surface area contributed by atoms with Crippen LogP contribution >= 0.6 is 15.9 Å². The fraction of sp³-hybridized carbons (Fsp3) is 0.562. The molecular weight excluding hydrogens is 362 g/mol. The van der Waals surface area contributed by atoms with E-state index in [1.807, 2.05) is 26.8 Å². The van der Waals surface area contributed by atoms with Crippen LogP contribution in [-0.2, 0) is 14.9 Å². The Labute approximate surface area is 143 Å². The van der Waals surface area contributed by atoms with E-state index in [0.29, 0.717) is 18.9 Å². The molecule has 0 aromatic carbocycles. The lowest BCUT2D eigenvalue weighted by Gasteiger charge is -2.21. The zero-order chi connectivity index (χ0) is 16.8. The molecule has 1 aliphatic heterocycles. The fourth-order valence-electron chi connectivity index (χ4n) is 2.87. The molecule has 1 fully saturated rings. The highest BCUT2D eigenvalue weighted by atomic mass is 79.9. The van der Waals surface area contributed by atoms with E-state index in [-0.39, 0.29) is 11.3 Å². The first-order valence-corrected chi connectivity index (χ1v) is 8.47. The molecule has 1 aromatic rings. The first-order chi connectivity index (χ1) is 10.7. The largest absolute Gasteiger partial charge is 0.444 e. The monoisotopic (exact) mass is 381 g/mol. The number of hydrogen-bond donors (Lipinski definition) is 1. The van der Waals surface area contributed by atoms with Crippen molar-refractivity contribution in [1.82, 2.24) is 10.3 Å². The number of nitrogens with one attached hydrogen (secondary N) is 1. The fourth-order valence-corrected chi connectivity index (χ4v) is 3.20. The Morgan fingerprint density at radius 3 is 2.78 bits per heavy atom. The maximum Gasteiger partial charge on any atom is 0.407 e. The Morgan fingerprint density at radius 2 is 2.17 bits per heavy atom. The van der Waals surface area contributed by atoms with Crippen LogP contribution in [0.25, 0.3) is 0 Å². The minimum Gasteiger partial charge on any atom is -0.444 e. The van der Waals surface area contributed by atoms with Crippen LogP contribution in [0.15, 0.2) is 16.7 Å². The molecule has 1 aliphatic carbocycles. The molecule has 1 N–H and O–H groups in total. The molecule has 124 valence electrons. The van der Waals surface area contributed by atoms with Gasteiger partial charge < -0.3 is 10.1 Å². The van der Waals surface area contributed by atoms with Gasteiger partial charge in [0, 0.05) is 29.3 Å². The van der Waals surface area contributed by atoms with E-state index >= 15 is 0 Å². The Morgan fingerprint density at radius 1 is 1.48 bits per heavy atom. The van der Waals surface area contributed by atoms with Crippen LogP contribution in [0.4, 0.5) is 10.6 Å². The number of hydrogen-bond acceptors (Lipinski definition) is 4. The number of ether oxygens (including phenoxy) is 1. The first-order valence-electron chi connectivity index (χ1n) is 7.68. The normalized spacial score (nSPS) is 18.1. The van der Waals surface area contributed by atoms with Gasteiger partial charge in [-0.1, -0.05) is 0 Å². The molecule has 1 spiro atoms. The highest BCUT2D eigenvalue weighted by Gasteiger charge is 2.59. The number of halogens is 1. The molecule has 1 aromatic heterocycles. The second kappa shape index (κ2) is 5.47. The number of amides is 2. The van der Waals surface area contributed by atoms with E-state index < -0.39 is 11.7 Å². The number of rotatable bonds is 3. The minimum atomic E-state index is -0.536. The van der Waals surface area contributed by atoms with Crippen molar-refractivity contribution in [2.24, 2.45) is 0 Å². The lowest BCUT2D eigenvalue weighted by molar-refractivity contribution is -0.120. The number of carbonyl (C=O) groups excluding carboxylic acids is 2. The molecule has 0 radical (unpaired) electrons. The van der Waals surface area contributed by atoms with E-state index in [1.165, 1.54) is 0 Å². The predicted octanol–water partition coefficient (Wildman–Crippen LogP) is 2.75. The van der Waals surface area contributed by atoms with Gasteiger partial charge >= 0.3 is 6.09 Å². The summed E-state index contributed by atoms with van der Waals surface area (Å²) < 4.78 is 6.07. The van der Waals surface area contributed by atoms with Gasteiger partial charge in [0.1, 0.15) is 11.4 Å². The summed E-state index contributed by atoms with van der Waals surface area (Å²) in [6, 6.07) is 1.98. The average molecular weight is 382 g/mol. The highest BCUT2D eigenvalue weighted by molar-refractivity contribution is 9.10. The second-order valence-corrected chi connectivity index (χ2v) is 7.91. The molecule has 2 heterocycles. The summed E-state index contributed by atoms with van der Waals surface area (Å²) in [7, 11) is 0. The number of fused-ring (bicyclic) bond motifs is 2. The number of aromatic nitrogens is 1. The van der Waals surface area contributed by atoms with Gasteiger partial charge in [-0.25, -0.2) is 9.78 Å². The third-order valence-corrected chi connectivity index (χ3v) is 4.45. The van der Waals surface area contributed by atoms with Crippen molar-refractivity contribution in [2.75, 3.05) is 18.0 Å². The molecule has 0 bridgehead atoms. The average Bonchev–Trinajstić information content (AvgIpc) is 3.19. The molecule has 2 amide bonds. The standard InChI is InChI=1S/C16H20BrN3O3/c1-15(2,3)23-14(22)18-6-7-20-12-11(8-10(17)9-19-12)16(4-5-16)13(20)21/h8-9H,4-7H2,1-3H3,(H,18,22). The molecule has 7 heteroatoms. The van der Waals surface area contributed by atoms with E-state index in [1.54, 1.807) is 11.1 Å².